The van der Waals surface area contributed by atoms with Crippen molar-refractivity contribution in [3.63, 3.8) is 0 Å². The molecule has 1 unspecified atom stereocenters. The Morgan fingerprint density at radius 3 is 2.21 bits per heavy atom. The van der Waals surface area contributed by atoms with Crippen LogP contribution in [0.25, 0.3) is 0 Å². The summed E-state index contributed by atoms with van der Waals surface area (Å²) in [6.07, 6.45) is 3.80. The molecule has 1 fully saturated rings. The summed E-state index contributed by atoms with van der Waals surface area (Å²) >= 11 is 13.2. The second-order valence-corrected chi connectivity index (χ2v) is 12.3. The van der Waals surface area contributed by atoms with E-state index in [-0.39, 0.29) is 5.04 Å². The van der Waals surface area contributed by atoms with Crippen molar-refractivity contribution in [2.45, 2.75) is 58.0 Å². The molecule has 1 atom stereocenters. The van der Waals surface area contributed by atoms with Gasteiger partial charge < -0.3 is 0 Å². The van der Waals surface area contributed by atoms with Crippen LogP contribution in [0.4, 0.5) is 0 Å². The smallest absolute Gasteiger partial charge is 0.297 e. The molecular weight excluding hydrogens is 233 g/mol. The maximum absolute atomic E-state index is 6.62. The Morgan fingerprint density at radius 2 is 1.79 bits per heavy atom. The highest BCUT2D eigenvalue weighted by Crippen LogP contribution is 2.46. The number of rotatable bonds is 1. The van der Waals surface area contributed by atoms with E-state index in [4.69, 9.17) is 22.2 Å². The van der Waals surface area contributed by atoms with Gasteiger partial charge in [-0.15, -0.1) is 22.2 Å². The van der Waals surface area contributed by atoms with Gasteiger partial charge in [-0.1, -0.05) is 34.1 Å². The molecule has 1 rings (SSSR count). The number of nitrogens with zero attached hydrogens (tertiary/aromatic N) is 1. The van der Waals surface area contributed by atoms with Crippen LogP contribution >= 0.6 is 22.2 Å². The van der Waals surface area contributed by atoms with E-state index in [1.165, 1.54) is 19.3 Å². The molecule has 1 aliphatic heterocycles. The van der Waals surface area contributed by atoms with Gasteiger partial charge in [-0.2, -0.15) is 0 Å². The zero-order chi connectivity index (χ0) is 11.0. The fourth-order valence-electron chi connectivity index (χ4n) is 1.95. The monoisotopic (exact) mass is 253 g/mol. The lowest BCUT2D eigenvalue weighted by Crippen LogP contribution is -2.56. The summed E-state index contributed by atoms with van der Waals surface area (Å²) in [5.41, 5.74) is 0. The Balaban J connectivity index is 2.79. The molecule has 1 aliphatic rings. The highest BCUT2D eigenvalue weighted by Gasteiger charge is 2.49. The Bertz CT molecular complexity index is 201. The van der Waals surface area contributed by atoms with Crippen molar-refractivity contribution in [1.29, 1.82) is 0 Å². The summed E-state index contributed by atoms with van der Waals surface area (Å²) in [4.78, 5) is 0. The highest BCUT2D eigenvalue weighted by atomic mass is 35.7. The Morgan fingerprint density at radius 1 is 1.21 bits per heavy atom. The van der Waals surface area contributed by atoms with E-state index >= 15 is 0 Å². The van der Waals surface area contributed by atoms with Gasteiger partial charge in [0.25, 0.3) is 0 Å². The molecule has 0 saturated carbocycles. The molecule has 0 aromatic heterocycles. The van der Waals surface area contributed by atoms with Gasteiger partial charge in [-0.05, 0) is 24.4 Å². The molecule has 1 heterocycles. The topological polar surface area (TPSA) is 3.24 Å². The fourth-order valence-corrected chi connectivity index (χ4v) is 5.44. The lowest BCUT2D eigenvalue weighted by Gasteiger charge is -2.46. The van der Waals surface area contributed by atoms with Gasteiger partial charge in [0.1, 0.15) is 0 Å². The molecule has 0 aromatic rings. The van der Waals surface area contributed by atoms with Crippen LogP contribution in [0.15, 0.2) is 0 Å². The number of hydrogen-bond donors (Lipinski definition) is 0. The van der Waals surface area contributed by atoms with E-state index in [1.807, 2.05) is 0 Å². The third-order valence-electron chi connectivity index (χ3n) is 3.07. The second-order valence-electron chi connectivity index (χ2n) is 5.33. The number of halogens is 2. The second kappa shape index (κ2) is 4.32. The van der Waals surface area contributed by atoms with Crippen molar-refractivity contribution in [3.8, 4) is 0 Å². The summed E-state index contributed by atoms with van der Waals surface area (Å²) in [7, 11) is 0. The first-order valence-electron chi connectivity index (χ1n) is 5.41. The van der Waals surface area contributed by atoms with Crippen molar-refractivity contribution in [2.75, 3.05) is 6.54 Å². The summed E-state index contributed by atoms with van der Waals surface area (Å²) in [6.45, 7) is 7.50. The summed E-state index contributed by atoms with van der Waals surface area (Å²) < 4.78 is 2.37. The standard InChI is InChI=1S/C10H21Cl2NSi/c1-9-7-5-6-8-13(9)14(11,12)10(2,3)4/h9H,5-8H2,1-4H3. The first-order chi connectivity index (χ1) is 6.27. The third-order valence-corrected chi connectivity index (χ3v) is 11.0. The van der Waals surface area contributed by atoms with Gasteiger partial charge in [0.05, 0.1) is 0 Å². The van der Waals surface area contributed by atoms with Crippen molar-refractivity contribution in [1.82, 2.24) is 4.57 Å². The van der Waals surface area contributed by atoms with Crippen LogP contribution in [-0.2, 0) is 0 Å². The van der Waals surface area contributed by atoms with Crippen LogP contribution < -0.4 is 0 Å². The predicted molar refractivity (Wildman–Crippen MR) is 67.2 cm³/mol. The molecule has 1 nitrogen and oxygen atoms in total. The predicted octanol–water partition coefficient (Wildman–Crippen LogP) is 4.08. The van der Waals surface area contributed by atoms with Crippen molar-refractivity contribution in [3.05, 3.63) is 0 Å². The van der Waals surface area contributed by atoms with Gasteiger partial charge in [0.2, 0.25) is 0 Å². The number of hydrogen-bond acceptors (Lipinski definition) is 1. The van der Waals surface area contributed by atoms with Crippen LogP contribution in [0.3, 0.4) is 0 Å². The molecule has 14 heavy (non-hydrogen) atoms. The minimum atomic E-state index is -2.29. The molecular formula is C10H21Cl2NSi. The van der Waals surface area contributed by atoms with E-state index in [1.54, 1.807) is 0 Å². The molecule has 0 N–H and O–H groups in total. The quantitative estimate of drug-likeness (QED) is 0.503. The maximum atomic E-state index is 6.62. The van der Waals surface area contributed by atoms with Crippen LogP contribution in [0.5, 0.6) is 0 Å². The van der Waals surface area contributed by atoms with E-state index < -0.39 is 6.86 Å². The van der Waals surface area contributed by atoms with E-state index in [9.17, 15) is 0 Å². The molecule has 4 heteroatoms. The lowest BCUT2D eigenvalue weighted by molar-refractivity contribution is 0.261. The SMILES string of the molecule is CC1CCCCN1[Si](Cl)(Cl)C(C)(C)C. The van der Waals surface area contributed by atoms with Gasteiger partial charge in [-0.3, -0.25) is 4.57 Å². The minimum Gasteiger partial charge on any atom is -0.297 e. The van der Waals surface area contributed by atoms with Gasteiger partial charge in [0, 0.05) is 6.04 Å². The van der Waals surface area contributed by atoms with Crippen LogP contribution in [0, 0.1) is 0 Å². The molecule has 0 bridgehead atoms. The van der Waals surface area contributed by atoms with E-state index in [0.717, 1.165) is 6.54 Å². The number of piperidine rings is 1. The van der Waals surface area contributed by atoms with E-state index in [0.29, 0.717) is 6.04 Å². The molecule has 1 saturated heterocycles. The largest absolute Gasteiger partial charge is 0.330 e. The molecule has 0 radical (unpaired) electrons. The average Bonchev–Trinajstić information content (AvgIpc) is 2.02. The van der Waals surface area contributed by atoms with Crippen molar-refractivity contribution in [2.24, 2.45) is 0 Å². The van der Waals surface area contributed by atoms with Crippen LogP contribution in [0.1, 0.15) is 47.0 Å². The molecule has 0 aliphatic carbocycles. The zero-order valence-electron chi connectivity index (χ0n) is 9.61. The van der Waals surface area contributed by atoms with Gasteiger partial charge >= 0.3 is 6.86 Å². The van der Waals surface area contributed by atoms with Crippen molar-refractivity contribution >= 4 is 29.0 Å². The Hall–Kier alpha value is 0.757. The zero-order valence-corrected chi connectivity index (χ0v) is 12.1. The first kappa shape index (κ1) is 12.8. The van der Waals surface area contributed by atoms with Crippen molar-refractivity contribution < 1.29 is 0 Å². The third kappa shape index (κ3) is 2.46. The normalized spacial score (nSPS) is 26.6. The van der Waals surface area contributed by atoms with Crippen LogP contribution in [-0.4, -0.2) is 24.0 Å². The highest BCUT2D eigenvalue weighted by molar-refractivity contribution is 7.45. The molecule has 84 valence electrons. The summed E-state index contributed by atoms with van der Waals surface area (Å²) in [5.74, 6) is 0. The summed E-state index contributed by atoms with van der Waals surface area (Å²) in [5, 5.41) is 0.0295. The lowest BCUT2D eigenvalue weighted by atomic mass is 10.1. The average molecular weight is 254 g/mol. The minimum absolute atomic E-state index is 0.0295. The Labute approximate surface area is 98.3 Å². The fraction of sp³-hybridized carbons (Fsp3) is 1.00. The Kier molecular flexibility index (Phi) is 3.96. The van der Waals surface area contributed by atoms with Gasteiger partial charge in [-0.25, -0.2) is 0 Å². The van der Waals surface area contributed by atoms with E-state index in [2.05, 4.69) is 32.3 Å². The van der Waals surface area contributed by atoms with Crippen LogP contribution in [0.2, 0.25) is 5.04 Å². The molecule has 0 amide bonds. The van der Waals surface area contributed by atoms with Gasteiger partial charge in [0.15, 0.2) is 0 Å². The molecule has 0 spiro atoms. The summed E-state index contributed by atoms with van der Waals surface area (Å²) in [6, 6.07) is 0.560. The first-order valence-corrected chi connectivity index (χ1v) is 9.38. The molecule has 0 aromatic carbocycles. The maximum Gasteiger partial charge on any atom is 0.330 e.